The van der Waals surface area contributed by atoms with E-state index in [1.165, 1.54) is 11.8 Å². The van der Waals surface area contributed by atoms with Gasteiger partial charge in [-0.1, -0.05) is 95.1 Å². The molecule has 0 saturated carbocycles. The number of para-hydroxylation sites is 2. The standard InChI is InChI=1S/C34H28Cl3N5O3S/c1-20-30(32(43)39-28-12-5-6-13-29(28)44-2)31(21-9-7-10-25(16-21)45-18-22-14-15-24(35)17-27(22)37)42-33(38-20)40-34(41-42)46-19-23-8-3-4-11-26(23)36/h3-17,31H,18-19H2,1-2H3,(H,39,43)(H,38,40,41). The topological polar surface area (TPSA) is 90.3 Å². The van der Waals surface area contributed by atoms with Gasteiger partial charge in [0.2, 0.25) is 11.1 Å². The number of aromatic nitrogens is 3. The Morgan fingerprint density at radius 2 is 1.76 bits per heavy atom. The summed E-state index contributed by atoms with van der Waals surface area (Å²) >= 11 is 20.3. The lowest BCUT2D eigenvalue weighted by atomic mass is 9.94. The van der Waals surface area contributed by atoms with Crippen molar-refractivity contribution in [1.82, 2.24) is 14.8 Å². The molecule has 234 valence electrons. The van der Waals surface area contributed by atoms with Crippen LogP contribution in [0, 0.1) is 0 Å². The molecular formula is C34H28Cl3N5O3S. The molecule has 0 spiro atoms. The van der Waals surface area contributed by atoms with Crippen LogP contribution in [0.25, 0.3) is 0 Å². The Morgan fingerprint density at radius 3 is 2.57 bits per heavy atom. The first-order valence-corrected chi connectivity index (χ1v) is 16.3. The number of benzene rings is 4. The molecule has 0 bridgehead atoms. The fraction of sp³-hybridized carbons (Fsp3) is 0.147. The van der Waals surface area contributed by atoms with Crippen LogP contribution in [0.4, 0.5) is 11.6 Å². The van der Waals surface area contributed by atoms with Gasteiger partial charge in [0.05, 0.1) is 18.4 Å². The van der Waals surface area contributed by atoms with E-state index in [0.717, 1.165) is 16.7 Å². The molecule has 0 radical (unpaired) electrons. The van der Waals surface area contributed by atoms with Crippen molar-refractivity contribution in [3.05, 3.63) is 134 Å². The highest BCUT2D eigenvalue weighted by atomic mass is 35.5. The van der Waals surface area contributed by atoms with E-state index in [0.29, 0.717) is 60.4 Å². The van der Waals surface area contributed by atoms with Crippen LogP contribution in [0.2, 0.25) is 15.1 Å². The maximum atomic E-state index is 14.1. The average Bonchev–Trinajstić information content (AvgIpc) is 3.46. The van der Waals surface area contributed by atoms with Gasteiger partial charge in [0, 0.05) is 32.1 Å². The summed E-state index contributed by atoms with van der Waals surface area (Å²) in [4.78, 5) is 18.8. The third kappa shape index (κ3) is 6.98. The number of carbonyl (C=O) groups is 1. The lowest BCUT2D eigenvalue weighted by Gasteiger charge is -2.29. The quantitative estimate of drug-likeness (QED) is 0.141. The molecule has 6 rings (SSSR count). The van der Waals surface area contributed by atoms with Crippen molar-refractivity contribution in [2.24, 2.45) is 0 Å². The number of rotatable bonds is 10. The Bertz CT molecular complexity index is 1950. The van der Waals surface area contributed by atoms with Crippen LogP contribution < -0.4 is 20.1 Å². The number of amides is 1. The van der Waals surface area contributed by atoms with Crippen LogP contribution in [-0.2, 0) is 17.2 Å². The molecule has 0 aliphatic carbocycles. The van der Waals surface area contributed by atoms with Gasteiger partial charge in [-0.25, -0.2) is 4.68 Å². The smallest absolute Gasteiger partial charge is 0.255 e. The van der Waals surface area contributed by atoms with Gasteiger partial charge >= 0.3 is 0 Å². The predicted octanol–water partition coefficient (Wildman–Crippen LogP) is 9.05. The van der Waals surface area contributed by atoms with Gasteiger partial charge in [0.25, 0.3) is 5.91 Å². The molecule has 12 heteroatoms. The van der Waals surface area contributed by atoms with Gasteiger partial charge in [0.15, 0.2) is 0 Å². The molecule has 1 unspecified atom stereocenters. The zero-order valence-corrected chi connectivity index (χ0v) is 27.8. The molecule has 8 nitrogen and oxygen atoms in total. The highest BCUT2D eigenvalue weighted by Crippen LogP contribution is 2.39. The van der Waals surface area contributed by atoms with Gasteiger partial charge in [-0.05, 0) is 60.5 Å². The molecule has 1 atom stereocenters. The zero-order chi connectivity index (χ0) is 32.2. The van der Waals surface area contributed by atoms with Crippen LogP contribution >= 0.6 is 46.6 Å². The average molecular weight is 693 g/mol. The fourth-order valence-electron chi connectivity index (χ4n) is 5.06. The molecule has 1 aliphatic heterocycles. The Morgan fingerprint density at radius 1 is 0.957 bits per heavy atom. The third-order valence-corrected chi connectivity index (χ3v) is 9.17. The van der Waals surface area contributed by atoms with Crippen LogP contribution in [0.5, 0.6) is 11.5 Å². The van der Waals surface area contributed by atoms with Crippen molar-refractivity contribution in [3.8, 4) is 11.5 Å². The van der Waals surface area contributed by atoms with Crippen molar-refractivity contribution in [2.45, 2.75) is 30.5 Å². The molecule has 0 saturated heterocycles. The van der Waals surface area contributed by atoms with E-state index in [-0.39, 0.29) is 12.5 Å². The summed E-state index contributed by atoms with van der Waals surface area (Å²) in [6.45, 7) is 2.08. The molecule has 4 aromatic carbocycles. The van der Waals surface area contributed by atoms with Crippen molar-refractivity contribution < 1.29 is 14.3 Å². The van der Waals surface area contributed by atoms with E-state index >= 15 is 0 Å². The summed E-state index contributed by atoms with van der Waals surface area (Å²) in [7, 11) is 1.56. The van der Waals surface area contributed by atoms with Crippen molar-refractivity contribution in [1.29, 1.82) is 0 Å². The number of allylic oxidation sites excluding steroid dienone is 1. The minimum absolute atomic E-state index is 0.235. The van der Waals surface area contributed by atoms with Gasteiger partial charge in [-0.3, -0.25) is 4.79 Å². The Kier molecular flexibility index (Phi) is 9.75. The van der Waals surface area contributed by atoms with E-state index in [1.54, 1.807) is 36.1 Å². The number of nitrogens with one attached hydrogen (secondary N) is 2. The SMILES string of the molecule is COc1ccccc1NC(=O)C1=C(C)Nc2nc(SCc3ccccc3Cl)nn2C1c1cccc(OCc2ccc(Cl)cc2Cl)c1. The Labute approximate surface area is 285 Å². The molecule has 1 aromatic heterocycles. The minimum atomic E-state index is -0.629. The first-order valence-electron chi connectivity index (χ1n) is 14.2. The van der Waals surface area contributed by atoms with Crippen molar-refractivity contribution in [3.63, 3.8) is 0 Å². The number of halogens is 3. The predicted molar refractivity (Wildman–Crippen MR) is 184 cm³/mol. The lowest BCUT2D eigenvalue weighted by Crippen LogP contribution is -2.31. The maximum absolute atomic E-state index is 14.1. The highest BCUT2D eigenvalue weighted by Gasteiger charge is 2.35. The summed E-state index contributed by atoms with van der Waals surface area (Å²) in [6, 6.07) is 27.1. The molecular weight excluding hydrogens is 665 g/mol. The Hall–Kier alpha value is -4.15. The summed E-state index contributed by atoms with van der Waals surface area (Å²) in [5.74, 6) is 1.92. The first kappa shape index (κ1) is 31.8. The van der Waals surface area contributed by atoms with E-state index in [9.17, 15) is 4.79 Å². The van der Waals surface area contributed by atoms with Crippen LogP contribution in [0.3, 0.4) is 0 Å². The van der Waals surface area contributed by atoms with E-state index in [4.69, 9.17) is 54.4 Å². The molecule has 2 N–H and O–H groups in total. The summed E-state index contributed by atoms with van der Waals surface area (Å²) in [5.41, 5.74) is 4.20. The van der Waals surface area contributed by atoms with Crippen molar-refractivity contribution in [2.75, 3.05) is 17.7 Å². The largest absolute Gasteiger partial charge is 0.495 e. The lowest BCUT2D eigenvalue weighted by molar-refractivity contribution is -0.113. The zero-order valence-electron chi connectivity index (χ0n) is 24.8. The summed E-state index contributed by atoms with van der Waals surface area (Å²) in [5, 5.41) is 13.5. The van der Waals surface area contributed by atoms with E-state index in [2.05, 4.69) is 10.6 Å². The monoisotopic (exact) mass is 691 g/mol. The molecule has 0 fully saturated rings. The fourth-order valence-corrected chi connectivity index (χ4v) is 6.64. The van der Waals surface area contributed by atoms with Gasteiger partial charge < -0.3 is 20.1 Å². The summed E-state index contributed by atoms with van der Waals surface area (Å²) in [6.07, 6.45) is 0. The highest BCUT2D eigenvalue weighted by molar-refractivity contribution is 7.98. The maximum Gasteiger partial charge on any atom is 0.255 e. The van der Waals surface area contributed by atoms with Gasteiger partial charge in [0.1, 0.15) is 24.1 Å². The second kappa shape index (κ2) is 14.1. The van der Waals surface area contributed by atoms with E-state index in [1.807, 2.05) is 73.7 Å². The van der Waals surface area contributed by atoms with Crippen LogP contribution in [-0.4, -0.2) is 27.8 Å². The van der Waals surface area contributed by atoms with Crippen LogP contribution in [0.1, 0.15) is 29.7 Å². The molecule has 1 amide bonds. The van der Waals surface area contributed by atoms with Gasteiger partial charge in [-0.2, -0.15) is 4.98 Å². The second-order valence-corrected chi connectivity index (χ2v) is 12.6. The number of nitrogens with zero attached hydrogens (tertiary/aromatic N) is 3. The third-order valence-electron chi connectivity index (χ3n) is 7.33. The minimum Gasteiger partial charge on any atom is -0.495 e. The van der Waals surface area contributed by atoms with Crippen LogP contribution in [0.15, 0.2) is 107 Å². The Balaban J connectivity index is 1.34. The second-order valence-electron chi connectivity index (χ2n) is 10.4. The molecule has 2 heterocycles. The number of ether oxygens (including phenoxy) is 2. The molecule has 5 aromatic rings. The summed E-state index contributed by atoms with van der Waals surface area (Å²) < 4.78 is 13.4. The molecule has 46 heavy (non-hydrogen) atoms. The number of hydrogen-bond acceptors (Lipinski definition) is 7. The van der Waals surface area contributed by atoms with Crippen molar-refractivity contribution >= 4 is 64.1 Å². The normalized spacial score (nSPS) is 14.0. The van der Waals surface area contributed by atoms with E-state index < -0.39 is 6.04 Å². The molecule has 1 aliphatic rings. The number of thioether (sulfide) groups is 1. The van der Waals surface area contributed by atoms with Gasteiger partial charge in [-0.15, -0.1) is 5.10 Å². The number of methoxy groups -OCH3 is 1. The number of fused-ring (bicyclic) bond motifs is 1. The first-order chi connectivity index (χ1) is 22.3. The number of carbonyl (C=O) groups excluding carboxylic acids is 1. The number of anilines is 2. The number of hydrogen-bond donors (Lipinski definition) is 2.